The summed E-state index contributed by atoms with van der Waals surface area (Å²) in [5.41, 5.74) is 2.66. The number of nitrogens with zero attached hydrogens (tertiary/aromatic N) is 1. The molecule has 0 aromatic heterocycles. The van der Waals surface area contributed by atoms with E-state index in [4.69, 9.17) is 0 Å². The molecule has 0 spiro atoms. The predicted octanol–water partition coefficient (Wildman–Crippen LogP) is 3.76. The van der Waals surface area contributed by atoms with Crippen LogP contribution < -0.4 is 10.6 Å². The topological polar surface area (TPSA) is 36.4 Å². The normalized spacial score (nSPS) is 16.5. The highest BCUT2D eigenvalue weighted by molar-refractivity contribution is 14.0. The number of halogens is 4. The smallest absolute Gasteiger partial charge is 0.356 e. The van der Waals surface area contributed by atoms with Crippen molar-refractivity contribution in [2.24, 2.45) is 4.99 Å². The van der Waals surface area contributed by atoms with Crippen LogP contribution in [-0.2, 0) is 5.41 Å². The van der Waals surface area contributed by atoms with E-state index in [1.807, 2.05) is 12.1 Å². The Bertz CT molecular complexity index is 540. The highest BCUT2D eigenvalue weighted by Gasteiger charge is 2.44. The molecule has 0 atom stereocenters. The van der Waals surface area contributed by atoms with E-state index in [9.17, 15) is 13.2 Å². The number of aryl methyl sites for hydroxylation is 1. The third kappa shape index (κ3) is 5.86. The summed E-state index contributed by atoms with van der Waals surface area (Å²) in [6.45, 7) is 2.61. The van der Waals surface area contributed by atoms with E-state index in [1.54, 1.807) is 7.05 Å². The van der Waals surface area contributed by atoms with E-state index in [-0.39, 0.29) is 35.9 Å². The van der Waals surface area contributed by atoms with Crippen molar-refractivity contribution < 1.29 is 13.2 Å². The van der Waals surface area contributed by atoms with E-state index in [0.717, 1.165) is 12.8 Å². The van der Waals surface area contributed by atoms with Gasteiger partial charge in [0.15, 0.2) is 5.96 Å². The van der Waals surface area contributed by atoms with Crippen LogP contribution in [0, 0.1) is 6.92 Å². The van der Waals surface area contributed by atoms with Gasteiger partial charge >= 0.3 is 6.18 Å². The fraction of sp³-hybridized carbons (Fsp3) is 0.562. The molecule has 0 aliphatic heterocycles. The summed E-state index contributed by atoms with van der Waals surface area (Å²) in [5.74, 6) is 0.420. The molecule has 0 amide bonds. The maximum absolute atomic E-state index is 12.2. The Morgan fingerprint density at radius 3 is 2.39 bits per heavy atom. The van der Waals surface area contributed by atoms with Crippen LogP contribution in [0.25, 0.3) is 0 Å². The van der Waals surface area contributed by atoms with Gasteiger partial charge in [-0.2, -0.15) is 13.2 Å². The molecule has 0 heterocycles. The van der Waals surface area contributed by atoms with Crippen molar-refractivity contribution in [3.05, 3.63) is 35.4 Å². The van der Waals surface area contributed by atoms with Crippen molar-refractivity contribution in [1.82, 2.24) is 10.6 Å². The van der Waals surface area contributed by atoms with Gasteiger partial charge in [-0.15, -0.1) is 24.0 Å². The second-order valence-corrected chi connectivity index (χ2v) is 5.81. The van der Waals surface area contributed by atoms with E-state index >= 15 is 0 Å². The zero-order chi connectivity index (χ0) is 16.2. The van der Waals surface area contributed by atoms with Crippen molar-refractivity contribution in [1.29, 1.82) is 0 Å². The number of alkyl halides is 3. The molecule has 1 aromatic rings. The molecule has 1 aliphatic rings. The van der Waals surface area contributed by atoms with Crippen LogP contribution in [0.1, 0.15) is 30.4 Å². The molecule has 0 saturated heterocycles. The summed E-state index contributed by atoms with van der Waals surface area (Å²) < 4.78 is 36.5. The molecule has 130 valence electrons. The minimum Gasteiger partial charge on any atom is -0.356 e. The Kier molecular flexibility index (Phi) is 7.16. The lowest BCUT2D eigenvalue weighted by Gasteiger charge is -2.21. The van der Waals surface area contributed by atoms with Crippen molar-refractivity contribution in [2.45, 2.75) is 37.8 Å². The van der Waals surface area contributed by atoms with Gasteiger partial charge in [0, 0.05) is 25.6 Å². The molecule has 0 unspecified atom stereocenters. The molecule has 1 saturated carbocycles. The third-order valence-electron chi connectivity index (χ3n) is 4.09. The Morgan fingerprint density at radius 2 is 1.87 bits per heavy atom. The highest BCUT2D eigenvalue weighted by atomic mass is 127. The summed E-state index contributed by atoms with van der Waals surface area (Å²) in [6.07, 6.45) is -2.84. The number of nitrogens with one attached hydrogen (secondary N) is 2. The maximum atomic E-state index is 12.2. The van der Waals surface area contributed by atoms with Crippen LogP contribution in [-0.4, -0.2) is 32.3 Å². The Morgan fingerprint density at radius 1 is 1.22 bits per heavy atom. The Balaban J connectivity index is 0.00000264. The minimum atomic E-state index is -4.15. The Hall–Kier alpha value is -0.990. The first-order valence-corrected chi connectivity index (χ1v) is 7.44. The van der Waals surface area contributed by atoms with Gasteiger partial charge in [0.1, 0.15) is 0 Å². The minimum absolute atomic E-state index is 0. The zero-order valence-corrected chi connectivity index (χ0v) is 15.7. The quantitative estimate of drug-likeness (QED) is 0.415. The maximum Gasteiger partial charge on any atom is 0.390 e. The van der Waals surface area contributed by atoms with Gasteiger partial charge in [0.2, 0.25) is 0 Å². The van der Waals surface area contributed by atoms with Crippen molar-refractivity contribution in [3.8, 4) is 0 Å². The standard InChI is InChI=1S/C16H22F3N3.HI/c1-12-5-3-4-6-13(12)15(7-8-15)11-22-14(20-2)21-10-9-16(17,18)19;/h3-6H,7-11H2,1-2H3,(H2,20,21,22);1H. The van der Waals surface area contributed by atoms with Gasteiger partial charge in [-0.1, -0.05) is 24.3 Å². The third-order valence-corrected chi connectivity index (χ3v) is 4.09. The average molecular weight is 441 g/mol. The molecule has 0 radical (unpaired) electrons. The van der Waals surface area contributed by atoms with Crippen LogP contribution in [0.15, 0.2) is 29.3 Å². The monoisotopic (exact) mass is 441 g/mol. The van der Waals surface area contributed by atoms with E-state index in [1.165, 1.54) is 11.1 Å². The van der Waals surface area contributed by atoms with Crippen LogP contribution in [0.5, 0.6) is 0 Å². The fourth-order valence-corrected chi connectivity index (χ4v) is 2.66. The van der Waals surface area contributed by atoms with E-state index in [0.29, 0.717) is 12.5 Å². The first-order valence-electron chi connectivity index (χ1n) is 7.44. The lowest BCUT2D eigenvalue weighted by molar-refractivity contribution is -0.132. The van der Waals surface area contributed by atoms with Gasteiger partial charge in [0.05, 0.1) is 6.42 Å². The fourth-order valence-electron chi connectivity index (χ4n) is 2.66. The number of guanidine groups is 1. The van der Waals surface area contributed by atoms with Crippen LogP contribution in [0.2, 0.25) is 0 Å². The zero-order valence-electron chi connectivity index (χ0n) is 13.3. The Labute approximate surface area is 152 Å². The molecule has 2 rings (SSSR count). The van der Waals surface area contributed by atoms with Crippen LogP contribution in [0.3, 0.4) is 0 Å². The molecular formula is C16H23F3IN3. The van der Waals surface area contributed by atoms with Crippen molar-refractivity contribution >= 4 is 29.9 Å². The summed E-state index contributed by atoms with van der Waals surface area (Å²) in [7, 11) is 1.57. The number of aliphatic imine (C=N–C) groups is 1. The lowest BCUT2D eigenvalue weighted by atomic mass is 9.92. The molecule has 7 heteroatoms. The number of hydrogen-bond acceptors (Lipinski definition) is 1. The molecule has 1 aromatic carbocycles. The lowest BCUT2D eigenvalue weighted by Crippen LogP contribution is -2.42. The van der Waals surface area contributed by atoms with Gasteiger partial charge < -0.3 is 10.6 Å². The van der Waals surface area contributed by atoms with Crippen molar-refractivity contribution in [2.75, 3.05) is 20.1 Å². The SMILES string of the molecule is CN=C(NCCC(F)(F)F)NCC1(c2ccccc2C)CC1.I. The molecule has 1 fully saturated rings. The molecule has 0 bridgehead atoms. The number of hydrogen-bond donors (Lipinski definition) is 2. The summed E-state index contributed by atoms with van der Waals surface area (Å²) in [5, 5.41) is 5.87. The first-order chi connectivity index (χ1) is 10.4. The predicted molar refractivity (Wildman–Crippen MR) is 97.5 cm³/mol. The largest absolute Gasteiger partial charge is 0.390 e. The average Bonchev–Trinajstić information content (AvgIpc) is 3.23. The number of rotatable bonds is 5. The molecule has 1 aliphatic carbocycles. The van der Waals surface area contributed by atoms with Crippen LogP contribution >= 0.6 is 24.0 Å². The van der Waals surface area contributed by atoms with E-state index in [2.05, 4.69) is 34.7 Å². The summed E-state index contributed by atoms with van der Waals surface area (Å²) in [6, 6.07) is 8.26. The van der Waals surface area contributed by atoms with Crippen molar-refractivity contribution in [3.63, 3.8) is 0 Å². The molecule has 3 nitrogen and oxygen atoms in total. The van der Waals surface area contributed by atoms with E-state index < -0.39 is 12.6 Å². The second kappa shape index (κ2) is 8.21. The summed E-state index contributed by atoms with van der Waals surface area (Å²) in [4.78, 5) is 3.98. The van der Waals surface area contributed by atoms with Gasteiger partial charge in [-0.3, -0.25) is 4.99 Å². The second-order valence-electron chi connectivity index (χ2n) is 5.81. The van der Waals surface area contributed by atoms with Gasteiger partial charge in [-0.05, 0) is 30.9 Å². The van der Waals surface area contributed by atoms with Gasteiger partial charge in [-0.25, -0.2) is 0 Å². The molecular weight excluding hydrogens is 418 g/mol. The first kappa shape index (κ1) is 20.1. The van der Waals surface area contributed by atoms with Crippen LogP contribution in [0.4, 0.5) is 13.2 Å². The highest BCUT2D eigenvalue weighted by Crippen LogP contribution is 2.48. The summed E-state index contributed by atoms with van der Waals surface area (Å²) >= 11 is 0. The molecule has 2 N–H and O–H groups in total. The number of benzene rings is 1. The molecule has 23 heavy (non-hydrogen) atoms. The van der Waals surface area contributed by atoms with Gasteiger partial charge in [0.25, 0.3) is 0 Å².